The number of ether oxygens (including phenoxy) is 2. The highest BCUT2D eigenvalue weighted by Crippen LogP contribution is 2.36. The number of carbonyl (C=O) groups excluding carboxylic acids is 1. The SMILES string of the molecule is O=C(Nc1nc(-c2ccncc2)cs1)C1COc2cc3ccccc3cc2O1.O=C(O)C(F)(F)F. The number of thiazole rings is 1. The van der Waals surface area contributed by atoms with Gasteiger partial charge in [0.05, 0.1) is 5.69 Å². The summed E-state index contributed by atoms with van der Waals surface area (Å²) in [4.78, 5) is 30.0. The van der Waals surface area contributed by atoms with E-state index in [4.69, 9.17) is 19.4 Å². The second-order valence-electron chi connectivity index (χ2n) is 7.13. The Labute approximate surface area is 200 Å². The third-order valence-corrected chi connectivity index (χ3v) is 5.47. The van der Waals surface area contributed by atoms with Gasteiger partial charge in [-0.3, -0.25) is 15.1 Å². The van der Waals surface area contributed by atoms with E-state index in [9.17, 15) is 18.0 Å². The molecule has 1 aliphatic rings. The summed E-state index contributed by atoms with van der Waals surface area (Å²) in [5.74, 6) is -1.82. The minimum absolute atomic E-state index is 0.153. The van der Waals surface area contributed by atoms with Gasteiger partial charge < -0.3 is 14.6 Å². The van der Waals surface area contributed by atoms with Gasteiger partial charge in [-0.25, -0.2) is 9.78 Å². The minimum Gasteiger partial charge on any atom is -0.485 e. The van der Waals surface area contributed by atoms with Crippen LogP contribution >= 0.6 is 11.3 Å². The summed E-state index contributed by atoms with van der Waals surface area (Å²) >= 11 is 1.36. The van der Waals surface area contributed by atoms with Crippen molar-refractivity contribution in [2.45, 2.75) is 12.3 Å². The number of carbonyl (C=O) groups is 2. The molecule has 0 fully saturated rings. The molecule has 1 amide bonds. The maximum absolute atomic E-state index is 12.6. The molecule has 1 aliphatic heterocycles. The fraction of sp³-hybridized carbons (Fsp3) is 0.130. The predicted octanol–water partition coefficient (Wildman–Crippen LogP) is 4.77. The van der Waals surface area contributed by atoms with E-state index in [2.05, 4.69) is 15.3 Å². The number of aliphatic carboxylic acids is 1. The van der Waals surface area contributed by atoms with Gasteiger partial charge in [0.2, 0.25) is 6.10 Å². The van der Waals surface area contributed by atoms with E-state index in [-0.39, 0.29) is 12.5 Å². The Hall–Kier alpha value is -4.19. The zero-order valence-electron chi connectivity index (χ0n) is 17.7. The van der Waals surface area contributed by atoms with Gasteiger partial charge in [0.1, 0.15) is 6.61 Å². The second kappa shape index (κ2) is 9.97. The number of pyridine rings is 1. The van der Waals surface area contributed by atoms with E-state index < -0.39 is 18.2 Å². The van der Waals surface area contributed by atoms with Crippen molar-refractivity contribution in [1.82, 2.24) is 9.97 Å². The number of alkyl halides is 3. The Morgan fingerprint density at radius 2 is 1.69 bits per heavy atom. The molecule has 2 aromatic carbocycles. The number of fused-ring (bicyclic) bond motifs is 2. The van der Waals surface area contributed by atoms with Crippen molar-refractivity contribution in [2.24, 2.45) is 0 Å². The summed E-state index contributed by atoms with van der Waals surface area (Å²) in [5, 5.41) is 14.5. The van der Waals surface area contributed by atoms with Crippen LogP contribution in [0.3, 0.4) is 0 Å². The summed E-state index contributed by atoms with van der Waals surface area (Å²) in [6.45, 7) is 0.153. The summed E-state index contributed by atoms with van der Waals surface area (Å²) in [7, 11) is 0. The van der Waals surface area contributed by atoms with E-state index in [1.165, 1.54) is 11.3 Å². The fourth-order valence-electron chi connectivity index (χ4n) is 3.06. The second-order valence-corrected chi connectivity index (χ2v) is 7.99. The lowest BCUT2D eigenvalue weighted by Gasteiger charge is -2.25. The number of halogens is 3. The van der Waals surface area contributed by atoms with Crippen LogP contribution in [0.15, 0.2) is 66.3 Å². The largest absolute Gasteiger partial charge is 0.490 e. The molecule has 5 rings (SSSR count). The first kappa shape index (κ1) is 24.0. The molecular formula is C23H16F3N3O5S. The molecule has 12 heteroatoms. The Morgan fingerprint density at radius 3 is 2.31 bits per heavy atom. The van der Waals surface area contributed by atoms with Gasteiger partial charge in [-0.05, 0) is 35.0 Å². The molecule has 8 nitrogen and oxygen atoms in total. The highest BCUT2D eigenvalue weighted by molar-refractivity contribution is 7.14. The standard InChI is InChI=1S/C21H15N3O3S.C2HF3O2/c25-20(24-21-23-16(12-28-21)13-5-7-22-8-6-13)19-11-26-17-9-14-3-1-2-4-15(14)10-18(17)27-19;3-2(4,5)1(6)7/h1-10,12,19H,11H2,(H,23,24,25);(H,6,7). The Morgan fingerprint density at radius 1 is 1.06 bits per heavy atom. The number of rotatable bonds is 3. The topological polar surface area (TPSA) is 111 Å². The number of carboxylic acids is 1. The van der Waals surface area contributed by atoms with Gasteiger partial charge >= 0.3 is 12.1 Å². The first-order chi connectivity index (χ1) is 16.7. The third-order valence-electron chi connectivity index (χ3n) is 4.72. The molecule has 2 N–H and O–H groups in total. The summed E-state index contributed by atoms with van der Waals surface area (Å²) < 4.78 is 43.4. The van der Waals surface area contributed by atoms with Crippen LogP contribution in [0.2, 0.25) is 0 Å². The summed E-state index contributed by atoms with van der Waals surface area (Å²) in [6, 6.07) is 15.5. The van der Waals surface area contributed by atoms with Crippen molar-refractivity contribution in [2.75, 3.05) is 11.9 Å². The van der Waals surface area contributed by atoms with E-state index in [1.807, 2.05) is 53.9 Å². The van der Waals surface area contributed by atoms with Gasteiger partial charge in [-0.1, -0.05) is 24.3 Å². The van der Waals surface area contributed by atoms with Crippen LogP contribution in [0.5, 0.6) is 11.5 Å². The molecule has 0 saturated carbocycles. The molecular weight excluding hydrogens is 487 g/mol. The van der Waals surface area contributed by atoms with Crippen molar-refractivity contribution in [3.05, 3.63) is 66.3 Å². The molecule has 0 saturated heterocycles. The predicted molar refractivity (Wildman–Crippen MR) is 122 cm³/mol. The monoisotopic (exact) mass is 503 g/mol. The summed E-state index contributed by atoms with van der Waals surface area (Å²) in [5.41, 5.74) is 1.74. The number of benzene rings is 2. The number of nitrogens with one attached hydrogen (secondary N) is 1. The number of carboxylic acid groups (broad SMARTS) is 1. The lowest BCUT2D eigenvalue weighted by molar-refractivity contribution is -0.192. The van der Waals surface area contributed by atoms with Crippen molar-refractivity contribution in [1.29, 1.82) is 0 Å². The number of hydrogen-bond donors (Lipinski definition) is 2. The lowest BCUT2D eigenvalue weighted by atomic mass is 10.1. The number of amides is 1. The summed E-state index contributed by atoms with van der Waals surface area (Å²) in [6.07, 6.45) is -2.40. The molecule has 180 valence electrons. The smallest absolute Gasteiger partial charge is 0.485 e. The van der Waals surface area contributed by atoms with E-state index in [1.54, 1.807) is 12.4 Å². The van der Waals surface area contributed by atoms with Crippen LogP contribution in [-0.4, -0.2) is 45.8 Å². The van der Waals surface area contributed by atoms with Crippen molar-refractivity contribution < 1.29 is 37.3 Å². The molecule has 0 bridgehead atoms. The maximum atomic E-state index is 12.6. The van der Waals surface area contributed by atoms with E-state index in [0.717, 1.165) is 22.0 Å². The first-order valence-electron chi connectivity index (χ1n) is 10.00. The molecule has 0 spiro atoms. The zero-order chi connectivity index (χ0) is 25.0. The molecule has 1 atom stereocenters. The number of anilines is 1. The van der Waals surface area contributed by atoms with Crippen molar-refractivity contribution >= 4 is 39.1 Å². The molecule has 0 radical (unpaired) electrons. The molecule has 0 aliphatic carbocycles. The Kier molecular flexibility index (Phi) is 6.82. The zero-order valence-corrected chi connectivity index (χ0v) is 18.5. The minimum atomic E-state index is -5.08. The van der Waals surface area contributed by atoms with Crippen molar-refractivity contribution in [3.8, 4) is 22.8 Å². The van der Waals surface area contributed by atoms with Gasteiger partial charge in [0.25, 0.3) is 5.91 Å². The highest BCUT2D eigenvalue weighted by atomic mass is 32.1. The highest BCUT2D eigenvalue weighted by Gasteiger charge is 2.38. The normalized spacial score (nSPS) is 14.5. The molecule has 4 aromatic rings. The fourth-order valence-corrected chi connectivity index (χ4v) is 3.78. The Balaban J connectivity index is 0.000000364. The molecule has 3 heterocycles. The van der Waals surface area contributed by atoms with Crippen LogP contribution in [0, 0.1) is 0 Å². The van der Waals surface area contributed by atoms with Gasteiger partial charge in [0, 0.05) is 23.3 Å². The van der Waals surface area contributed by atoms with E-state index in [0.29, 0.717) is 16.6 Å². The van der Waals surface area contributed by atoms with Crippen LogP contribution in [0.1, 0.15) is 0 Å². The maximum Gasteiger partial charge on any atom is 0.490 e. The average molecular weight is 503 g/mol. The lowest BCUT2D eigenvalue weighted by Crippen LogP contribution is -2.40. The van der Waals surface area contributed by atoms with Gasteiger partial charge in [0.15, 0.2) is 16.6 Å². The number of aromatic nitrogens is 2. The van der Waals surface area contributed by atoms with Crippen LogP contribution < -0.4 is 14.8 Å². The average Bonchev–Trinajstić information content (AvgIpc) is 3.31. The van der Waals surface area contributed by atoms with Crippen LogP contribution in [-0.2, 0) is 9.59 Å². The number of nitrogens with zero attached hydrogens (tertiary/aromatic N) is 2. The van der Waals surface area contributed by atoms with Crippen LogP contribution in [0.25, 0.3) is 22.0 Å². The quantitative estimate of drug-likeness (QED) is 0.414. The first-order valence-corrected chi connectivity index (χ1v) is 10.9. The Bertz CT molecular complexity index is 1360. The molecule has 2 aromatic heterocycles. The molecule has 1 unspecified atom stereocenters. The number of hydrogen-bond acceptors (Lipinski definition) is 7. The van der Waals surface area contributed by atoms with E-state index >= 15 is 0 Å². The third kappa shape index (κ3) is 5.84. The van der Waals surface area contributed by atoms with Gasteiger partial charge in [-0.15, -0.1) is 11.3 Å². The molecule has 35 heavy (non-hydrogen) atoms. The van der Waals surface area contributed by atoms with Gasteiger partial charge in [-0.2, -0.15) is 13.2 Å². The van der Waals surface area contributed by atoms with Crippen LogP contribution in [0.4, 0.5) is 18.3 Å². The van der Waals surface area contributed by atoms with Crippen molar-refractivity contribution in [3.63, 3.8) is 0 Å².